The topological polar surface area (TPSA) is 58.6 Å². The standard InChI is InChI=1S/C7H15NO3/c1-3-11-5-7(10)8-6(2)4-9/h6,9H,3-5H2,1-2H3,(H,8,10). The minimum atomic E-state index is -0.192. The average molecular weight is 161 g/mol. The van der Waals surface area contributed by atoms with Gasteiger partial charge in [0.15, 0.2) is 0 Å². The fourth-order valence-electron chi connectivity index (χ4n) is 0.557. The summed E-state index contributed by atoms with van der Waals surface area (Å²) in [6, 6.07) is -0.192. The molecule has 0 aliphatic carbocycles. The maximum Gasteiger partial charge on any atom is 0.246 e. The smallest absolute Gasteiger partial charge is 0.246 e. The Morgan fingerprint density at radius 3 is 2.82 bits per heavy atom. The third-order valence-corrected chi connectivity index (χ3v) is 1.12. The SMILES string of the molecule is CCOCC(=O)NC(C)CO. The molecular weight excluding hydrogens is 146 g/mol. The van der Waals surface area contributed by atoms with Crippen molar-refractivity contribution in [2.24, 2.45) is 0 Å². The summed E-state index contributed by atoms with van der Waals surface area (Å²) in [5, 5.41) is 11.1. The van der Waals surface area contributed by atoms with E-state index in [1.54, 1.807) is 6.92 Å². The van der Waals surface area contributed by atoms with Gasteiger partial charge >= 0.3 is 0 Å². The van der Waals surface area contributed by atoms with Gasteiger partial charge in [-0.1, -0.05) is 0 Å². The van der Waals surface area contributed by atoms with E-state index in [9.17, 15) is 4.79 Å². The molecule has 0 saturated carbocycles. The molecule has 1 unspecified atom stereocenters. The number of carbonyl (C=O) groups excluding carboxylic acids is 1. The van der Waals surface area contributed by atoms with E-state index < -0.39 is 0 Å². The first-order valence-corrected chi connectivity index (χ1v) is 3.68. The first kappa shape index (κ1) is 10.4. The van der Waals surface area contributed by atoms with Gasteiger partial charge in [0.2, 0.25) is 5.91 Å². The quantitative estimate of drug-likeness (QED) is 0.572. The van der Waals surface area contributed by atoms with Gasteiger partial charge in [0.1, 0.15) is 6.61 Å². The lowest BCUT2D eigenvalue weighted by Gasteiger charge is -2.09. The molecule has 0 bridgehead atoms. The van der Waals surface area contributed by atoms with Crippen molar-refractivity contribution in [3.63, 3.8) is 0 Å². The average Bonchev–Trinajstić information content (AvgIpc) is 2.00. The van der Waals surface area contributed by atoms with Crippen molar-refractivity contribution in [1.29, 1.82) is 0 Å². The van der Waals surface area contributed by atoms with Crippen LogP contribution < -0.4 is 5.32 Å². The summed E-state index contributed by atoms with van der Waals surface area (Å²) in [6.07, 6.45) is 0. The van der Waals surface area contributed by atoms with Crippen LogP contribution in [0.1, 0.15) is 13.8 Å². The third-order valence-electron chi connectivity index (χ3n) is 1.12. The van der Waals surface area contributed by atoms with Crippen LogP contribution in [0.15, 0.2) is 0 Å². The van der Waals surface area contributed by atoms with Gasteiger partial charge in [-0.15, -0.1) is 0 Å². The summed E-state index contributed by atoms with van der Waals surface area (Å²) in [4.78, 5) is 10.8. The number of hydrogen-bond donors (Lipinski definition) is 2. The third kappa shape index (κ3) is 5.82. The number of nitrogens with one attached hydrogen (secondary N) is 1. The monoisotopic (exact) mass is 161 g/mol. The number of aliphatic hydroxyl groups is 1. The Morgan fingerprint density at radius 2 is 2.36 bits per heavy atom. The van der Waals surface area contributed by atoms with Gasteiger partial charge in [0.05, 0.1) is 6.61 Å². The molecule has 4 heteroatoms. The first-order valence-electron chi connectivity index (χ1n) is 3.68. The van der Waals surface area contributed by atoms with Crippen LogP contribution in [0.2, 0.25) is 0 Å². The number of hydrogen-bond acceptors (Lipinski definition) is 3. The Balaban J connectivity index is 3.36. The van der Waals surface area contributed by atoms with E-state index in [0.717, 1.165) is 0 Å². The summed E-state index contributed by atoms with van der Waals surface area (Å²) >= 11 is 0. The second-order valence-electron chi connectivity index (χ2n) is 2.29. The maximum absolute atomic E-state index is 10.8. The number of aliphatic hydroxyl groups excluding tert-OH is 1. The van der Waals surface area contributed by atoms with Crippen molar-refractivity contribution in [1.82, 2.24) is 5.32 Å². The lowest BCUT2D eigenvalue weighted by molar-refractivity contribution is -0.126. The highest BCUT2D eigenvalue weighted by Crippen LogP contribution is 1.79. The molecule has 0 heterocycles. The van der Waals surface area contributed by atoms with Crippen LogP contribution >= 0.6 is 0 Å². The number of rotatable bonds is 5. The summed E-state index contributed by atoms with van der Waals surface area (Å²) in [6.45, 7) is 4.10. The zero-order valence-electron chi connectivity index (χ0n) is 6.96. The molecule has 0 aromatic rings. The molecular formula is C7H15NO3. The molecule has 1 atom stereocenters. The fraction of sp³-hybridized carbons (Fsp3) is 0.857. The minimum Gasteiger partial charge on any atom is -0.394 e. The van der Waals surface area contributed by atoms with E-state index in [1.165, 1.54) is 0 Å². The van der Waals surface area contributed by atoms with Crippen molar-refractivity contribution in [3.8, 4) is 0 Å². The summed E-state index contributed by atoms with van der Waals surface area (Å²) in [5.74, 6) is -0.187. The van der Waals surface area contributed by atoms with Crippen molar-refractivity contribution < 1.29 is 14.6 Å². The first-order chi connectivity index (χ1) is 5.20. The molecule has 0 spiro atoms. The van der Waals surface area contributed by atoms with Crippen LogP contribution in [-0.4, -0.2) is 36.9 Å². The fourth-order valence-corrected chi connectivity index (χ4v) is 0.557. The Hall–Kier alpha value is -0.610. The Morgan fingerprint density at radius 1 is 1.73 bits per heavy atom. The van der Waals surface area contributed by atoms with Crippen LogP contribution in [0.4, 0.5) is 0 Å². The normalized spacial score (nSPS) is 12.6. The van der Waals surface area contributed by atoms with Crippen LogP contribution in [0.25, 0.3) is 0 Å². The Bertz CT molecular complexity index is 116. The second-order valence-corrected chi connectivity index (χ2v) is 2.29. The van der Waals surface area contributed by atoms with Crippen molar-refractivity contribution in [3.05, 3.63) is 0 Å². The van der Waals surface area contributed by atoms with Gasteiger partial charge in [0, 0.05) is 12.6 Å². The predicted molar refractivity (Wildman–Crippen MR) is 41.2 cm³/mol. The van der Waals surface area contributed by atoms with Crippen molar-refractivity contribution >= 4 is 5.91 Å². The van der Waals surface area contributed by atoms with Crippen molar-refractivity contribution in [2.45, 2.75) is 19.9 Å². The lowest BCUT2D eigenvalue weighted by Crippen LogP contribution is -2.37. The molecule has 0 aromatic heterocycles. The van der Waals surface area contributed by atoms with E-state index in [0.29, 0.717) is 6.61 Å². The van der Waals surface area contributed by atoms with Crippen LogP contribution in [0.3, 0.4) is 0 Å². The minimum absolute atomic E-state index is 0.0438. The summed E-state index contributed by atoms with van der Waals surface area (Å²) < 4.78 is 4.85. The van der Waals surface area contributed by atoms with E-state index >= 15 is 0 Å². The van der Waals surface area contributed by atoms with Gasteiger partial charge in [-0.05, 0) is 13.8 Å². The Labute approximate surface area is 66.5 Å². The molecule has 11 heavy (non-hydrogen) atoms. The highest BCUT2D eigenvalue weighted by molar-refractivity contribution is 5.77. The number of ether oxygens (including phenoxy) is 1. The highest BCUT2D eigenvalue weighted by atomic mass is 16.5. The molecule has 0 aliphatic rings. The molecule has 1 amide bonds. The summed E-state index contributed by atoms with van der Waals surface area (Å²) in [7, 11) is 0. The van der Waals surface area contributed by atoms with E-state index in [1.807, 2.05) is 6.92 Å². The van der Waals surface area contributed by atoms with Crippen LogP contribution in [0.5, 0.6) is 0 Å². The molecule has 0 radical (unpaired) electrons. The zero-order valence-corrected chi connectivity index (χ0v) is 6.96. The summed E-state index contributed by atoms with van der Waals surface area (Å²) in [5.41, 5.74) is 0. The maximum atomic E-state index is 10.8. The van der Waals surface area contributed by atoms with E-state index in [-0.39, 0.29) is 25.2 Å². The molecule has 66 valence electrons. The second kappa shape index (κ2) is 6.12. The highest BCUT2D eigenvalue weighted by Gasteiger charge is 2.04. The largest absolute Gasteiger partial charge is 0.394 e. The van der Waals surface area contributed by atoms with Crippen molar-refractivity contribution in [2.75, 3.05) is 19.8 Å². The molecule has 0 rings (SSSR count). The van der Waals surface area contributed by atoms with E-state index in [2.05, 4.69) is 5.32 Å². The van der Waals surface area contributed by atoms with Gasteiger partial charge in [0.25, 0.3) is 0 Å². The van der Waals surface area contributed by atoms with Gasteiger partial charge in [-0.25, -0.2) is 0 Å². The molecule has 4 nitrogen and oxygen atoms in total. The van der Waals surface area contributed by atoms with Crippen LogP contribution in [0, 0.1) is 0 Å². The number of amides is 1. The molecule has 0 aliphatic heterocycles. The molecule has 0 saturated heterocycles. The van der Waals surface area contributed by atoms with Gasteiger partial charge in [-0.3, -0.25) is 4.79 Å². The predicted octanol–water partition coefficient (Wildman–Crippen LogP) is -0.480. The number of carbonyl (C=O) groups is 1. The molecule has 0 aromatic carbocycles. The van der Waals surface area contributed by atoms with E-state index in [4.69, 9.17) is 9.84 Å². The molecule has 2 N–H and O–H groups in total. The Kier molecular flexibility index (Phi) is 5.78. The molecule has 0 fully saturated rings. The van der Waals surface area contributed by atoms with Gasteiger partial charge in [-0.2, -0.15) is 0 Å². The van der Waals surface area contributed by atoms with Gasteiger partial charge < -0.3 is 15.2 Å². The zero-order chi connectivity index (χ0) is 8.69. The van der Waals surface area contributed by atoms with Crippen LogP contribution in [-0.2, 0) is 9.53 Å². The lowest BCUT2D eigenvalue weighted by atomic mass is 10.3.